The van der Waals surface area contributed by atoms with Gasteiger partial charge in [0, 0.05) is 11.1 Å². The maximum Gasteiger partial charge on any atom is 0.200 e. The van der Waals surface area contributed by atoms with Gasteiger partial charge in [-0.25, -0.2) is 0 Å². The summed E-state index contributed by atoms with van der Waals surface area (Å²) >= 11 is 10.0. The first kappa shape index (κ1) is 21.7. The first-order chi connectivity index (χ1) is 11.2. The maximum atomic E-state index is 6.63. The van der Waals surface area contributed by atoms with Crippen LogP contribution in [0.15, 0.2) is 29.3 Å². The highest BCUT2D eigenvalue weighted by Gasteiger charge is 2.45. The molecule has 0 aliphatic rings. The largest absolute Gasteiger partial charge is 0.488 e. The molecule has 0 fully saturated rings. The number of hydrogen-bond donors (Lipinski definition) is 0. The molecule has 0 saturated carbocycles. The number of hydrogen-bond acceptors (Lipinski definition) is 2. The summed E-state index contributed by atoms with van der Waals surface area (Å²) in [7, 11) is -1.90. The molecule has 0 N–H and O–H groups in total. The average Bonchev–Trinajstić information content (AvgIpc) is 2.48. The lowest BCUT2D eigenvalue weighted by atomic mass is 10.2. The topological polar surface area (TPSA) is 18.5 Å². The fourth-order valence-corrected chi connectivity index (χ4v) is 9.76. The van der Waals surface area contributed by atoms with Crippen LogP contribution in [0.2, 0.25) is 21.6 Å². The molecule has 0 aliphatic carbocycles. The van der Waals surface area contributed by atoms with Gasteiger partial charge in [0.05, 0.1) is 11.1 Å². The number of ether oxygens (including phenoxy) is 1. The lowest BCUT2D eigenvalue weighted by Crippen LogP contribution is -2.47. The monoisotopic (exact) mass is 432 g/mol. The van der Waals surface area contributed by atoms with Crippen LogP contribution < -0.4 is 4.74 Å². The zero-order valence-electron chi connectivity index (χ0n) is 15.7. The Morgan fingerprint density at radius 2 is 1.67 bits per heavy atom. The lowest BCUT2D eigenvalue weighted by Gasteiger charge is -2.42. The zero-order chi connectivity index (χ0) is 18.5. The summed E-state index contributed by atoms with van der Waals surface area (Å²) in [5, 5.41) is 0.677. The Balaban J connectivity index is 3.04. The maximum absolute atomic E-state index is 6.63. The third-order valence-corrected chi connectivity index (χ3v) is 11.7. The first-order valence-corrected chi connectivity index (χ1v) is 11.8. The van der Waals surface area contributed by atoms with Gasteiger partial charge in [0.1, 0.15) is 12.4 Å². The lowest BCUT2D eigenvalue weighted by molar-refractivity contribution is 0.265. The van der Waals surface area contributed by atoms with Crippen LogP contribution >= 0.6 is 27.5 Å². The normalized spacial score (nSPS) is 12.3. The van der Waals surface area contributed by atoms with Crippen LogP contribution in [0.4, 0.5) is 0 Å². The van der Waals surface area contributed by atoms with Crippen LogP contribution in [0.25, 0.3) is 0 Å². The summed E-state index contributed by atoms with van der Waals surface area (Å²) in [5.74, 6) is 0.726. The van der Waals surface area contributed by atoms with Crippen molar-refractivity contribution in [1.29, 1.82) is 0 Å². The van der Waals surface area contributed by atoms with Gasteiger partial charge in [-0.1, -0.05) is 65.8 Å². The van der Waals surface area contributed by atoms with Crippen molar-refractivity contribution in [2.24, 2.45) is 0 Å². The van der Waals surface area contributed by atoms with E-state index in [9.17, 15) is 0 Å². The molecule has 0 radical (unpaired) electrons. The first-order valence-electron chi connectivity index (χ1n) is 8.52. The SMILES string of the molecule is C=CCOc1cc(Cl)c(CO[Si](C(C)C)(C(C)C)C(C)C)cc1Br. The van der Waals surface area contributed by atoms with E-state index in [-0.39, 0.29) is 0 Å². The summed E-state index contributed by atoms with van der Waals surface area (Å²) in [4.78, 5) is 0. The van der Waals surface area contributed by atoms with Crippen molar-refractivity contribution in [2.75, 3.05) is 6.61 Å². The van der Waals surface area contributed by atoms with Gasteiger partial charge < -0.3 is 9.16 Å². The number of halogens is 2. The van der Waals surface area contributed by atoms with Gasteiger partial charge in [-0.2, -0.15) is 0 Å². The van der Waals surface area contributed by atoms with Gasteiger partial charge in [-0.15, -0.1) is 0 Å². The summed E-state index contributed by atoms with van der Waals surface area (Å²) in [6.07, 6.45) is 1.71. The molecule has 0 amide bonds. The van der Waals surface area contributed by atoms with Crippen LogP contribution in [0.5, 0.6) is 5.75 Å². The Morgan fingerprint density at radius 1 is 1.12 bits per heavy atom. The smallest absolute Gasteiger partial charge is 0.200 e. The second-order valence-electron chi connectivity index (χ2n) is 7.08. The molecule has 0 aliphatic heterocycles. The molecular weight excluding hydrogens is 404 g/mol. The van der Waals surface area contributed by atoms with E-state index in [4.69, 9.17) is 20.8 Å². The average molecular weight is 434 g/mol. The van der Waals surface area contributed by atoms with Crippen molar-refractivity contribution in [2.45, 2.75) is 64.8 Å². The molecule has 0 bridgehead atoms. The van der Waals surface area contributed by atoms with Gasteiger partial charge in [0.15, 0.2) is 0 Å². The zero-order valence-corrected chi connectivity index (χ0v) is 19.0. The van der Waals surface area contributed by atoms with Crippen LogP contribution in [-0.4, -0.2) is 14.9 Å². The second-order valence-corrected chi connectivity index (χ2v) is 13.8. The predicted molar refractivity (Wildman–Crippen MR) is 111 cm³/mol. The van der Waals surface area contributed by atoms with Crippen molar-refractivity contribution < 1.29 is 9.16 Å². The van der Waals surface area contributed by atoms with Crippen molar-refractivity contribution in [3.8, 4) is 5.75 Å². The fraction of sp³-hybridized carbons (Fsp3) is 0.579. The highest BCUT2D eigenvalue weighted by atomic mass is 79.9. The third kappa shape index (κ3) is 4.87. The van der Waals surface area contributed by atoms with E-state index in [0.717, 1.165) is 15.8 Å². The highest BCUT2D eigenvalue weighted by molar-refractivity contribution is 9.10. The fourth-order valence-electron chi connectivity index (χ4n) is 3.64. The van der Waals surface area contributed by atoms with E-state index in [1.165, 1.54) is 0 Å². The van der Waals surface area contributed by atoms with Gasteiger partial charge in [0.25, 0.3) is 0 Å². The van der Waals surface area contributed by atoms with E-state index in [1.54, 1.807) is 6.08 Å². The van der Waals surface area contributed by atoms with Crippen LogP contribution in [0.3, 0.4) is 0 Å². The Hall–Kier alpha value is -0.293. The minimum atomic E-state index is -1.90. The van der Waals surface area contributed by atoms with Crippen molar-refractivity contribution in [1.82, 2.24) is 0 Å². The van der Waals surface area contributed by atoms with Gasteiger partial charge in [-0.05, 0) is 44.2 Å². The predicted octanol–water partition coefficient (Wildman–Crippen LogP) is 7.36. The minimum Gasteiger partial charge on any atom is -0.488 e. The Kier molecular flexibility index (Phi) is 8.53. The standard InChI is InChI=1S/C19H30BrClO2Si/c1-8-9-22-19-11-18(21)16(10-17(19)20)12-23-24(13(2)3,14(4)5)15(6)7/h8,10-11,13-15H,1,9,12H2,2-7H3. The molecule has 5 heteroatoms. The molecule has 1 rings (SSSR count). The van der Waals surface area contributed by atoms with E-state index in [1.807, 2.05) is 12.1 Å². The summed E-state index contributed by atoms with van der Waals surface area (Å²) in [6.45, 7) is 18.4. The van der Waals surface area contributed by atoms with Gasteiger partial charge in [-0.3, -0.25) is 0 Å². The highest BCUT2D eigenvalue weighted by Crippen LogP contribution is 2.43. The van der Waals surface area contributed by atoms with Crippen molar-refractivity contribution in [3.63, 3.8) is 0 Å². The molecule has 24 heavy (non-hydrogen) atoms. The summed E-state index contributed by atoms with van der Waals surface area (Å²) < 4.78 is 13.1. The third-order valence-electron chi connectivity index (χ3n) is 4.64. The van der Waals surface area contributed by atoms with Crippen molar-refractivity contribution >= 4 is 35.8 Å². The molecule has 0 unspecified atom stereocenters. The van der Waals surface area contributed by atoms with Gasteiger partial charge >= 0.3 is 0 Å². The second kappa shape index (κ2) is 9.42. The molecule has 0 heterocycles. The number of benzene rings is 1. The Labute approximate surface area is 161 Å². The Morgan fingerprint density at radius 3 is 2.12 bits per heavy atom. The quantitative estimate of drug-likeness (QED) is 0.299. The van der Waals surface area contributed by atoms with Gasteiger partial charge in [0.2, 0.25) is 8.32 Å². The summed E-state index contributed by atoms with van der Waals surface area (Å²) in [6, 6.07) is 3.85. The number of rotatable bonds is 9. The molecular formula is C19H30BrClO2Si. The molecule has 2 nitrogen and oxygen atoms in total. The molecule has 0 aromatic heterocycles. The van der Waals surface area contributed by atoms with E-state index >= 15 is 0 Å². The Bertz CT molecular complexity index is 537. The van der Waals surface area contributed by atoms with Crippen LogP contribution in [0.1, 0.15) is 47.1 Å². The molecule has 0 atom stereocenters. The molecule has 0 spiro atoms. The molecule has 1 aromatic carbocycles. The van der Waals surface area contributed by atoms with Crippen LogP contribution in [-0.2, 0) is 11.0 Å². The van der Waals surface area contributed by atoms with Crippen molar-refractivity contribution in [3.05, 3.63) is 39.8 Å². The van der Waals surface area contributed by atoms with Crippen LogP contribution in [0, 0.1) is 0 Å². The molecule has 1 aromatic rings. The minimum absolute atomic E-state index is 0.453. The van der Waals surface area contributed by atoms with E-state index < -0.39 is 8.32 Å². The van der Waals surface area contributed by atoms with E-state index in [2.05, 4.69) is 64.1 Å². The van der Waals surface area contributed by atoms with E-state index in [0.29, 0.717) is 34.9 Å². The molecule has 0 saturated heterocycles. The summed E-state index contributed by atoms with van der Waals surface area (Å²) in [5.41, 5.74) is 2.65. The molecule has 136 valence electrons.